The molecule has 1 N–H and O–H groups in total. The standard InChI is InChI=1S/C12H16ClN5/c13-12-16-10-9(14-8-15-10)11(17-12)18-6-4-2-1-3-5-7-18/h8H,1-7H2,(H,14,15,16,17). The minimum Gasteiger partial charge on any atom is -0.355 e. The number of aromatic nitrogens is 4. The lowest BCUT2D eigenvalue weighted by atomic mass is 10.1. The van der Waals surface area contributed by atoms with Crippen LogP contribution in [-0.2, 0) is 0 Å². The number of hydrogen-bond donors (Lipinski definition) is 1. The molecule has 0 atom stereocenters. The zero-order chi connectivity index (χ0) is 12.4. The van der Waals surface area contributed by atoms with Gasteiger partial charge in [-0.3, -0.25) is 0 Å². The summed E-state index contributed by atoms with van der Waals surface area (Å²) >= 11 is 5.97. The van der Waals surface area contributed by atoms with Crippen LogP contribution in [0.1, 0.15) is 32.1 Å². The van der Waals surface area contributed by atoms with E-state index in [1.807, 2.05) is 0 Å². The number of nitrogens with zero attached hydrogens (tertiary/aromatic N) is 4. The first-order chi connectivity index (χ1) is 8.84. The molecule has 96 valence electrons. The van der Waals surface area contributed by atoms with Crippen molar-refractivity contribution in [3.05, 3.63) is 11.6 Å². The van der Waals surface area contributed by atoms with E-state index in [1.54, 1.807) is 6.33 Å². The molecule has 1 aliphatic rings. The van der Waals surface area contributed by atoms with Crippen molar-refractivity contribution in [2.45, 2.75) is 32.1 Å². The maximum atomic E-state index is 5.97. The number of imidazole rings is 1. The van der Waals surface area contributed by atoms with Crippen molar-refractivity contribution >= 4 is 28.6 Å². The predicted octanol–water partition coefficient (Wildman–Crippen LogP) is 2.78. The molecule has 1 fully saturated rings. The molecule has 0 amide bonds. The minimum atomic E-state index is 0.270. The Labute approximate surface area is 111 Å². The minimum absolute atomic E-state index is 0.270. The Morgan fingerprint density at radius 2 is 1.78 bits per heavy atom. The van der Waals surface area contributed by atoms with Crippen molar-refractivity contribution in [2.75, 3.05) is 18.0 Å². The molecule has 2 aromatic rings. The molecule has 0 radical (unpaired) electrons. The topological polar surface area (TPSA) is 57.7 Å². The van der Waals surface area contributed by atoms with Gasteiger partial charge in [-0.05, 0) is 24.4 Å². The van der Waals surface area contributed by atoms with Gasteiger partial charge in [0, 0.05) is 13.1 Å². The largest absolute Gasteiger partial charge is 0.355 e. The van der Waals surface area contributed by atoms with Gasteiger partial charge in [0.2, 0.25) is 5.28 Å². The van der Waals surface area contributed by atoms with Crippen LogP contribution in [0.25, 0.3) is 11.2 Å². The molecular formula is C12H16ClN5. The SMILES string of the molecule is Clc1nc(N2CCCCCCC2)c2[nH]cnc2n1. The monoisotopic (exact) mass is 265 g/mol. The highest BCUT2D eigenvalue weighted by Gasteiger charge is 2.16. The second-order valence-electron chi connectivity index (χ2n) is 4.67. The summed E-state index contributed by atoms with van der Waals surface area (Å²) in [6, 6.07) is 0. The second kappa shape index (κ2) is 5.10. The molecule has 2 aromatic heterocycles. The van der Waals surface area contributed by atoms with Gasteiger partial charge in [-0.1, -0.05) is 19.3 Å². The van der Waals surface area contributed by atoms with E-state index < -0.39 is 0 Å². The number of hydrogen-bond acceptors (Lipinski definition) is 4. The van der Waals surface area contributed by atoms with Crippen LogP contribution in [0.15, 0.2) is 6.33 Å². The lowest BCUT2D eigenvalue weighted by Gasteiger charge is -2.25. The third-order valence-electron chi connectivity index (χ3n) is 3.39. The highest BCUT2D eigenvalue weighted by Crippen LogP contribution is 2.24. The van der Waals surface area contributed by atoms with E-state index in [9.17, 15) is 0 Å². The molecule has 3 rings (SSSR count). The van der Waals surface area contributed by atoms with Crippen molar-refractivity contribution in [1.29, 1.82) is 0 Å². The molecule has 1 saturated heterocycles. The average Bonchev–Trinajstić information content (AvgIpc) is 2.75. The molecular weight excluding hydrogens is 250 g/mol. The Balaban J connectivity index is 1.98. The normalized spacial score (nSPS) is 17.7. The summed E-state index contributed by atoms with van der Waals surface area (Å²) in [6.45, 7) is 2.06. The number of rotatable bonds is 1. The molecule has 0 spiro atoms. The fourth-order valence-electron chi connectivity index (χ4n) is 2.48. The van der Waals surface area contributed by atoms with Gasteiger partial charge in [0.15, 0.2) is 11.5 Å². The molecule has 18 heavy (non-hydrogen) atoms. The fourth-order valence-corrected chi connectivity index (χ4v) is 2.64. The number of nitrogens with one attached hydrogen (secondary N) is 1. The van der Waals surface area contributed by atoms with Gasteiger partial charge in [0.05, 0.1) is 6.33 Å². The van der Waals surface area contributed by atoms with Crippen LogP contribution in [-0.4, -0.2) is 33.0 Å². The quantitative estimate of drug-likeness (QED) is 0.806. The van der Waals surface area contributed by atoms with Gasteiger partial charge in [-0.2, -0.15) is 9.97 Å². The molecule has 0 unspecified atom stereocenters. The maximum absolute atomic E-state index is 5.97. The van der Waals surface area contributed by atoms with E-state index in [1.165, 1.54) is 32.1 Å². The lowest BCUT2D eigenvalue weighted by molar-refractivity contribution is 0.554. The highest BCUT2D eigenvalue weighted by atomic mass is 35.5. The van der Waals surface area contributed by atoms with Crippen molar-refractivity contribution in [2.24, 2.45) is 0 Å². The van der Waals surface area contributed by atoms with Gasteiger partial charge >= 0.3 is 0 Å². The molecule has 6 heteroatoms. The van der Waals surface area contributed by atoms with E-state index in [0.29, 0.717) is 5.65 Å². The summed E-state index contributed by atoms with van der Waals surface area (Å²) in [5, 5.41) is 0.270. The van der Waals surface area contributed by atoms with Gasteiger partial charge < -0.3 is 9.88 Å². The zero-order valence-corrected chi connectivity index (χ0v) is 10.9. The summed E-state index contributed by atoms with van der Waals surface area (Å²) in [4.78, 5) is 18.1. The Bertz CT molecular complexity index is 530. The summed E-state index contributed by atoms with van der Waals surface area (Å²) < 4.78 is 0. The summed E-state index contributed by atoms with van der Waals surface area (Å²) in [5.74, 6) is 0.893. The molecule has 0 saturated carbocycles. The summed E-state index contributed by atoms with van der Waals surface area (Å²) in [6.07, 6.45) is 7.98. The van der Waals surface area contributed by atoms with Crippen LogP contribution in [0.4, 0.5) is 5.82 Å². The molecule has 1 aliphatic heterocycles. The van der Waals surface area contributed by atoms with Crippen molar-refractivity contribution in [1.82, 2.24) is 19.9 Å². The van der Waals surface area contributed by atoms with Crippen molar-refractivity contribution in [3.63, 3.8) is 0 Å². The fraction of sp³-hybridized carbons (Fsp3) is 0.583. The van der Waals surface area contributed by atoms with Crippen LogP contribution >= 0.6 is 11.6 Å². The van der Waals surface area contributed by atoms with Crippen LogP contribution in [0.2, 0.25) is 5.28 Å². The first-order valence-electron chi connectivity index (χ1n) is 6.46. The van der Waals surface area contributed by atoms with E-state index >= 15 is 0 Å². The van der Waals surface area contributed by atoms with Crippen LogP contribution in [0.5, 0.6) is 0 Å². The molecule has 5 nitrogen and oxygen atoms in total. The van der Waals surface area contributed by atoms with Crippen molar-refractivity contribution in [3.8, 4) is 0 Å². The predicted molar refractivity (Wildman–Crippen MR) is 72.0 cm³/mol. The number of aromatic amines is 1. The Hall–Kier alpha value is -1.36. The number of H-pyrrole nitrogens is 1. The van der Waals surface area contributed by atoms with Gasteiger partial charge in [0.1, 0.15) is 5.52 Å². The lowest BCUT2D eigenvalue weighted by Crippen LogP contribution is -2.28. The maximum Gasteiger partial charge on any atom is 0.226 e. The van der Waals surface area contributed by atoms with Gasteiger partial charge in [0.25, 0.3) is 0 Å². The molecule has 3 heterocycles. The smallest absolute Gasteiger partial charge is 0.226 e. The molecule has 0 aliphatic carbocycles. The first kappa shape index (κ1) is 11.7. The van der Waals surface area contributed by atoms with Crippen LogP contribution in [0.3, 0.4) is 0 Å². The third kappa shape index (κ3) is 2.27. The van der Waals surface area contributed by atoms with E-state index in [0.717, 1.165) is 24.4 Å². The van der Waals surface area contributed by atoms with Crippen LogP contribution in [0, 0.1) is 0 Å². The van der Waals surface area contributed by atoms with Crippen molar-refractivity contribution < 1.29 is 0 Å². The van der Waals surface area contributed by atoms with E-state index in [2.05, 4.69) is 24.8 Å². The van der Waals surface area contributed by atoms with Gasteiger partial charge in [-0.25, -0.2) is 4.98 Å². The second-order valence-corrected chi connectivity index (χ2v) is 5.01. The van der Waals surface area contributed by atoms with Crippen LogP contribution < -0.4 is 4.90 Å². The Morgan fingerprint density at radius 3 is 2.56 bits per heavy atom. The Kier molecular flexibility index (Phi) is 3.32. The number of fused-ring (bicyclic) bond motifs is 1. The summed E-state index contributed by atoms with van der Waals surface area (Å²) in [5.41, 5.74) is 1.53. The highest BCUT2D eigenvalue weighted by molar-refractivity contribution is 6.28. The third-order valence-corrected chi connectivity index (χ3v) is 3.56. The average molecular weight is 266 g/mol. The summed E-state index contributed by atoms with van der Waals surface area (Å²) in [7, 11) is 0. The number of halogens is 1. The first-order valence-corrected chi connectivity index (χ1v) is 6.84. The van der Waals surface area contributed by atoms with Gasteiger partial charge in [-0.15, -0.1) is 0 Å². The molecule has 0 aromatic carbocycles. The molecule has 0 bridgehead atoms. The van der Waals surface area contributed by atoms with E-state index in [4.69, 9.17) is 11.6 Å². The van der Waals surface area contributed by atoms with E-state index in [-0.39, 0.29) is 5.28 Å². The zero-order valence-electron chi connectivity index (χ0n) is 10.2. The Morgan fingerprint density at radius 1 is 1.06 bits per heavy atom. The number of anilines is 1.